The summed E-state index contributed by atoms with van der Waals surface area (Å²) in [7, 11) is -3.95. The number of amides is 1. The van der Waals surface area contributed by atoms with Crippen molar-refractivity contribution in [2.75, 3.05) is 6.54 Å². The Morgan fingerprint density at radius 3 is 1.97 bits per heavy atom. The Morgan fingerprint density at radius 2 is 1.40 bits per heavy atom. The summed E-state index contributed by atoms with van der Waals surface area (Å²) < 4.78 is 42.0. The lowest BCUT2D eigenvalue weighted by Crippen LogP contribution is -2.42. The van der Waals surface area contributed by atoms with Crippen LogP contribution in [0.4, 0.5) is 4.79 Å². The van der Waals surface area contributed by atoms with Crippen LogP contribution in [-0.2, 0) is 31.8 Å². The highest BCUT2D eigenvalue weighted by Crippen LogP contribution is 2.29. The summed E-state index contributed by atoms with van der Waals surface area (Å²) in [4.78, 5) is 12.4. The molecule has 0 saturated heterocycles. The molecule has 0 aliphatic carbocycles. The minimum atomic E-state index is -3.95. The maximum Gasteiger partial charge on any atom is 0.407 e. The fraction of sp³-hybridized carbons (Fsp3) is 0.296. The summed E-state index contributed by atoms with van der Waals surface area (Å²) >= 11 is 0. The van der Waals surface area contributed by atoms with Gasteiger partial charge in [0.15, 0.2) is 0 Å². The van der Waals surface area contributed by atoms with Gasteiger partial charge in [0, 0.05) is 0 Å². The molecule has 0 spiro atoms. The summed E-state index contributed by atoms with van der Waals surface area (Å²) in [6, 6.07) is 24.2. The third-order valence-corrected chi connectivity index (χ3v) is 6.33. The van der Waals surface area contributed by atoms with E-state index in [0.29, 0.717) is 6.61 Å². The smallest absolute Gasteiger partial charge is 0.407 e. The highest BCUT2D eigenvalue weighted by Gasteiger charge is 2.30. The molecule has 0 saturated carbocycles. The number of alkyl carbamates (subject to hydrolysis) is 1. The second-order valence-corrected chi connectivity index (χ2v) is 10.8. The lowest BCUT2D eigenvalue weighted by Gasteiger charge is -2.31. The molecule has 8 heteroatoms. The molecule has 35 heavy (non-hydrogen) atoms. The number of carbonyl (C=O) groups is 1. The van der Waals surface area contributed by atoms with Gasteiger partial charge < -0.3 is 19.0 Å². The lowest BCUT2D eigenvalue weighted by atomic mass is 9.95. The Bertz CT molecular complexity index is 1210. The van der Waals surface area contributed by atoms with Gasteiger partial charge in [-0.25, -0.2) is 4.79 Å². The first-order valence-electron chi connectivity index (χ1n) is 11.2. The van der Waals surface area contributed by atoms with Crippen molar-refractivity contribution in [3.8, 4) is 5.75 Å². The molecule has 1 amide bonds. The largest absolute Gasteiger partial charge is 0.444 e. The third-order valence-electron chi connectivity index (χ3n) is 5.07. The van der Waals surface area contributed by atoms with Gasteiger partial charge in [-0.3, -0.25) is 0 Å². The van der Waals surface area contributed by atoms with Gasteiger partial charge in [0.05, 0.1) is 13.2 Å². The van der Waals surface area contributed by atoms with Crippen molar-refractivity contribution in [1.82, 2.24) is 5.32 Å². The zero-order valence-corrected chi connectivity index (χ0v) is 21.2. The van der Waals surface area contributed by atoms with Crippen LogP contribution in [0, 0.1) is 0 Å². The van der Waals surface area contributed by atoms with Crippen molar-refractivity contribution in [2.45, 2.75) is 50.4 Å². The summed E-state index contributed by atoms with van der Waals surface area (Å²) in [6.45, 7) is 7.68. The van der Waals surface area contributed by atoms with Crippen LogP contribution in [0.1, 0.15) is 38.8 Å². The highest BCUT2D eigenvalue weighted by atomic mass is 32.2. The fourth-order valence-electron chi connectivity index (χ4n) is 3.23. The zero-order valence-electron chi connectivity index (χ0n) is 20.4. The summed E-state index contributed by atoms with van der Waals surface area (Å²) in [6.07, 6.45) is -0.555. The molecule has 186 valence electrons. The zero-order chi connectivity index (χ0) is 25.5. The number of nitrogens with one attached hydrogen (secondary N) is 1. The van der Waals surface area contributed by atoms with Crippen molar-refractivity contribution in [2.24, 2.45) is 0 Å². The molecule has 0 heterocycles. The first kappa shape index (κ1) is 26.2. The fourth-order valence-corrected chi connectivity index (χ4v) is 4.18. The van der Waals surface area contributed by atoms with Crippen LogP contribution in [0.2, 0.25) is 0 Å². The van der Waals surface area contributed by atoms with Gasteiger partial charge in [-0.05, 0) is 63.1 Å². The van der Waals surface area contributed by atoms with Crippen LogP contribution < -0.4 is 9.50 Å². The van der Waals surface area contributed by atoms with Gasteiger partial charge in [0.25, 0.3) is 0 Å². The van der Waals surface area contributed by atoms with Crippen LogP contribution in [-0.4, -0.2) is 26.7 Å². The minimum absolute atomic E-state index is 0.0710. The van der Waals surface area contributed by atoms with Crippen LogP contribution >= 0.6 is 0 Å². The number of hydrogen-bond donors (Lipinski definition) is 1. The van der Waals surface area contributed by atoms with Gasteiger partial charge >= 0.3 is 16.2 Å². The van der Waals surface area contributed by atoms with Gasteiger partial charge in [-0.15, -0.1) is 0 Å². The average Bonchev–Trinajstić information content (AvgIpc) is 2.82. The SMILES string of the molecule is CC(C)(C)OC(=O)NCC(C)(OCc1ccccc1)c1ccc(OS(=O)(=O)c2ccccc2)cc1. The topological polar surface area (TPSA) is 90.9 Å². The molecular formula is C27H31NO6S. The molecule has 0 bridgehead atoms. The maximum absolute atomic E-state index is 12.5. The van der Waals surface area contributed by atoms with E-state index >= 15 is 0 Å². The lowest BCUT2D eigenvalue weighted by molar-refractivity contribution is -0.0481. The van der Waals surface area contributed by atoms with E-state index in [0.717, 1.165) is 11.1 Å². The van der Waals surface area contributed by atoms with Gasteiger partial charge in [-0.1, -0.05) is 60.7 Å². The predicted molar refractivity (Wildman–Crippen MR) is 134 cm³/mol. The quantitative estimate of drug-likeness (QED) is 0.398. The van der Waals surface area contributed by atoms with Gasteiger partial charge in [-0.2, -0.15) is 8.42 Å². The molecule has 0 radical (unpaired) electrons. The van der Waals surface area contributed by atoms with E-state index < -0.39 is 27.4 Å². The highest BCUT2D eigenvalue weighted by molar-refractivity contribution is 7.87. The Labute approximate surface area is 207 Å². The van der Waals surface area contributed by atoms with Crippen molar-refractivity contribution in [3.05, 3.63) is 96.1 Å². The number of benzene rings is 3. The Hall–Kier alpha value is -3.36. The molecule has 0 aliphatic heterocycles. The number of hydrogen-bond acceptors (Lipinski definition) is 6. The van der Waals surface area contributed by atoms with E-state index in [1.54, 1.807) is 63.2 Å². The average molecular weight is 498 g/mol. The Kier molecular flexibility index (Phi) is 8.19. The van der Waals surface area contributed by atoms with Crippen molar-refractivity contribution in [1.29, 1.82) is 0 Å². The first-order chi connectivity index (χ1) is 16.5. The normalized spacial score (nSPS) is 13.5. The second-order valence-electron chi connectivity index (χ2n) is 9.24. The molecule has 1 unspecified atom stereocenters. The van der Waals surface area contributed by atoms with Crippen molar-refractivity contribution < 1.29 is 26.9 Å². The molecular weight excluding hydrogens is 466 g/mol. The third kappa shape index (κ3) is 7.83. The molecule has 7 nitrogen and oxygen atoms in total. The molecule has 3 rings (SSSR count). The predicted octanol–water partition coefficient (Wildman–Crippen LogP) is 5.41. The van der Waals surface area contributed by atoms with E-state index in [9.17, 15) is 13.2 Å². The minimum Gasteiger partial charge on any atom is -0.444 e. The van der Waals surface area contributed by atoms with Crippen LogP contribution in [0.25, 0.3) is 0 Å². The van der Waals surface area contributed by atoms with E-state index in [1.807, 2.05) is 37.3 Å². The standard InChI is InChI=1S/C27H31NO6S/c1-26(2,3)33-25(29)28-20-27(4,32-19-21-11-7-5-8-12-21)22-15-17-23(18-16-22)34-35(30,31)24-13-9-6-10-14-24/h5-18H,19-20H2,1-4H3,(H,28,29). The monoisotopic (exact) mass is 497 g/mol. The van der Waals surface area contributed by atoms with Crippen LogP contribution in [0.5, 0.6) is 5.75 Å². The molecule has 0 fully saturated rings. The molecule has 1 atom stereocenters. The summed E-state index contributed by atoms with van der Waals surface area (Å²) in [5.74, 6) is 0.170. The van der Waals surface area contributed by atoms with E-state index in [4.69, 9.17) is 13.7 Å². The van der Waals surface area contributed by atoms with E-state index in [2.05, 4.69) is 5.32 Å². The van der Waals surface area contributed by atoms with Crippen LogP contribution in [0.3, 0.4) is 0 Å². The first-order valence-corrected chi connectivity index (χ1v) is 12.6. The number of rotatable bonds is 9. The molecule has 3 aromatic rings. The summed E-state index contributed by atoms with van der Waals surface area (Å²) in [5.41, 5.74) is 0.150. The van der Waals surface area contributed by atoms with Crippen molar-refractivity contribution in [3.63, 3.8) is 0 Å². The number of carbonyl (C=O) groups excluding carboxylic acids is 1. The molecule has 1 N–H and O–H groups in total. The second kappa shape index (κ2) is 10.9. The van der Waals surface area contributed by atoms with E-state index in [1.165, 1.54) is 12.1 Å². The number of ether oxygens (including phenoxy) is 2. The molecule has 0 aromatic heterocycles. The molecule has 0 aliphatic rings. The van der Waals surface area contributed by atoms with Gasteiger partial charge in [0.1, 0.15) is 21.8 Å². The van der Waals surface area contributed by atoms with Gasteiger partial charge in [0.2, 0.25) is 0 Å². The maximum atomic E-state index is 12.5. The molecule has 3 aromatic carbocycles. The Morgan fingerprint density at radius 1 is 0.829 bits per heavy atom. The van der Waals surface area contributed by atoms with E-state index in [-0.39, 0.29) is 17.2 Å². The summed E-state index contributed by atoms with van der Waals surface area (Å²) in [5, 5.41) is 2.78. The van der Waals surface area contributed by atoms with Crippen LogP contribution in [0.15, 0.2) is 89.8 Å². The van der Waals surface area contributed by atoms with Crippen molar-refractivity contribution >= 4 is 16.2 Å². The Balaban J connectivity index is 1.78.